The first-order valence-corrected chi connectivity index (χ1v) is 21.8. The van der Waals surface area contributed by atoms with Crippen molar-refractivity contribution in [2.24, 2.45) is 0 Å². The third-order valence-electron chi connectivity index (χ3n) is 14.0. The molecule has 0 spiro atoms. The third kappa shape index (κ3) is 5.43. The Morgan fingerprint density at radius 1 is 0.323 bits per heavy atom. The van der Waals surface area contributed by atoms with Gasteiger partial charge in [-0.3, -0.25) is 0 Å². The van der Waals surface area contributed by atoms with Crippen LogP contribution in [0.2, 0.25) is 0 Å². The van der Waals surface area contributed by atoms with Crippen molar-refractivity contribution in [1.29, 1.82) is 0 Å². The van der Waals surface area contributed by atoms with Crippen LogP contribution in [0, 0.1) is 0 Å². The van der Waals surface area contributed by atoms with E-state index in [0.717, 1.165) is 22.7 Å². The molecule has 2 aliphatic rings. The van der Waals surface area contributed by atoms with Crippen molar-refractivity contribution < 1.29 is 0 Å². The lowest BCUT2D eigenvalue weighted by molar-refractivity contribution is 0.660. The van der Waals surface area contributed by atoms with Crippen molar-refractivity contribution in [3.63, 3.8) is 0 Å². The monoisotopic (exact) mass is 794 g/mol. The van der Waals surface area contributed by atoms with E-state index in [9.17, 15) is 0 Å². The molecule has 1 aromatic heterocycles. The zero-order valence-electron chi connectivity index (χ0n) is 35.5. The van der Waals surface area contributed by atoms with E-state index >= 15 is 0 Å². The number of hydrogen-bond acceptors (Lipinski definition) is 1. The normalized spacial score (nSPS) is 14.1. The van der Waals surface area contributed by atoms with Crippen molar-refractivity contribution in [3.05, 3.63) is 229 Å². The second-order valence-corrected chi connectivity index (χ2v) is 18.2. The molecule has 0 saturated carbocycles. The molecule has 12 rings (SSSR count). The first-order chi connectivity index (χ1) is 30.3. The minimum absolute atomic E-state index is 0.0664. The smallest absolute Gasteiger partial charge is 0.0547 e. The summed E-state index contributed by atoms with van der Waals surface area (Å²) in [4.78, 5) is 2.47. The molecular weight excluding hydrogens is 749 g/mol. The molecule has 2 aliphatic carbocycles. The molecule has 0 atom stereocenters. The lowest BCUT2D eigenvalue weighted by atomic mass is 9.82. The van der Waals surface area contributed by atoms with Gasteiger partial charge in [0.25, 0.3) is 0 Å². The summed E-state index contributed by atoms with van der Waals surface area (Å²) < 4.78 is 2.42. The minimum Gasteiger partial charge on any atom is -0.310 e. The van der Waals surface area contributed by atoms with E-state index in [4.69, 9.17) is 0 Å². The van der Waals surface area contributed by atoms with E-state index in [2.05, 4.69) is 243 Å². The summed E-state index contributed by atoms with van der Waals surface area (Å²) in [6, 6.07) is 76.6. The summed E-state index contributed by atoms with van der Waals surface area (Å²) in [7, 11) is 0. The van der Waals surface area contributed by atoms with Crippen molar-refractivity contribution in [2.45, 2.75) is 38.5 Å². The fourth-order valence-electron chi connectivity index (χ4n) is 10.8. The van der Waals surface area contributed by atoms with Gasteiger partial charge in [-0.2, -0.15) is 0 Å². The summed E-state index contributed by atoms with van der Waals surface area (Å²) in [5, 5.41) is 2.50. The Kier molecular flexibility index (Phi) is 7.96. The standard InChI is InChI=1S/C60H46N2/c1-59(2)53-22-11-8-19-47(53)51-37-45(30-33-55(51)59)61(46-31-34-56-52(38-46)48-20-9-12-23-54(48)60(56,3)4)44-18-14-17-41(35-44)42-27-32-50-49-21-10-13-24-57(49)62(58(50)36-42)43-28-25-40(26-29-43)39-15-6-5-7-16-39/h5-38H,1-4H3. The first kappa shape index (κ1) is 36.4. The summed E-state index contributed by atoms with van der Waals surface area (Å²) in [6.45, 7) is 9.42. The molecule has 2 nitrogen and oxygen atoms in total. The topological polar surface area (TPSA) is 8.17 Å². The fraction of sp³-hybridized carbons (Fsp3) is 0.100. The van der Waals surface area contributed by atoms with Gasteiger partial charge >= 0.3 is 0 Å². The SMILES string of the molecule is CC1(C)c2ccccc2-c2cc(N(c3cccc(-c4ccc5c6ccccc6n(-c6ccc(-c7ccccc7)cc6)c5c4)c3)c3ccc4c(c3)-c3ccccc3C4(C)C)ccc21. The minimum atomic E-state index is -0.0664. The maximum atomic E-state index is 2.47. The number of anilines is 3. The predicted octanol–water partition coefficient (Wildman–Crippen LogP) is 16.2. The number of para-hydroxylation sites is 1. The van der Waals surface area contributed by atoms with Gasteiger partial charge in [-0.15, -0.1) is 0 Å². The Balaban J connectivity index is 1.02. The highest BCUT2D eigenvalue weighted by Crippen LogP contribution is 2.53. The van der Waals surface area contributed by atoms with Crippen LogP contribution < -0.4 is 4.90 Å². The molecule has 9 aromatic carbocycles. The summed E-state index contributed by atoms with van der Waals surface area (Å²) in [5.74, 6) is 0. The molecule has 10 aromatic rings. The Morgan fingerprint density at radius 2 is 0.806 bits per heavy atom. The number of aromatic nitrogens is 1. The van der Waals surface area contributed by atoms with Gasteiger partial charge in [0, 0.05) is 44.4 Å². The summed E-state index contributed by atoms with van der Waals surface area (Å²) in [5.41, 5.74) is 22.4. The van der Waals surface area contributed by atoms with E-state index in [-0.39, 0.29) is 10.8 Å². The predicted molar refractivity (Wildman–Crippen MR) is 261 cm³/mol. The fourth-order valence-corrected chi connectivity index (χ4v) is 10.8. The number of fused-ring (bicyclic) bond motifs is 9. The molecule has 0 N–H and O–H groups in total. The molecule has 0 amide bonds. The van der Waals surface area contributed by atoms with Crippen molar-refractivity contribution in [1.82, 2.24) is 4.57 Å². The number of hydrogen-bond donors (Lipinski definition) is 0. The van der Waals surface area contributed by atoms with Crippen LogP contribution in [0.4, 0.5) is 17.1 Å². The summed E-state index contributed by atoms with van der Waals surface area (Å²) in [6.07, 6.45) is 0. The van der Waals surface area contributed by atoms with Crippen molar-refractivity contribution >= 4 is 38.9 Å². The van der Waals surface area contributed by atoms with Crippen LogP contribution in [0.1, 0.15) is 49.9 Å². The first-order valence-electron chi connectivity index (χ1n) is 21.8. The maximum absolute atomic E-state index is 2.47. The van der Waals surface area contributed by atoms with E-state index in [1.165, 1.54) is 88.6 Å². The zero-order valence-corrected chi connectivity index (χ0v) is 35.5. The largest absolute Gasteiger partial charge is 0.310 e. The van der Waals surface area contributed by atoms with Gasteiger partial charge in [0.1, 0.15) is 0 Å². The lowest BCUT2D eigenvalue weighted by Crippen LogP contribution is -2.16. The Bertz CT molecular complexity index is 3290. The molecular formula is C60H46N2. The van der Waals surface area contributed by atoms with E-state index < -0.39 is 0 Å². The van der Waals surface area contributed by atoms with Crippen LogP contribution in [0.5, 0.6) is 0 Å². The van der Waals surface area contributed by atoms with Gasteiger partial charge in [0.05, 0.1) is 11.0 Å². The molecule has 62 heavy (non-hydrogen) atoms. The second kappa shape index (κ2) is 13.5. The van der Waals surface area contributed by atoms with Gasteiger partial charge in [-0.05, 0) is 127 Å². The van der Waals surface area contributed by atoms with Crippen LogP contribution in [-0.2, 0) is 10.8 Å². The van der Waals surface area contributed by atoms with Gasteiger partial charge in [-0.1, -0.05) is 173 Å². The Hall–Kier alpha value is -7.42. The van der Waals surface area contributed by atoms with Crippen LogP contribution >= 0.6 is 0 Å². The molecule has 0 bridgehead atoms. The highest BCUT2D eigenvalue weighted by Gasteiger charge is 2.37. The molecule has 0 unspecified atom stereocenters. The highest BCUT2D eigenvalue weighted by molar-refractivity contribution is 6.10. The van der Waals surface area contributed by atoms with Crippen LogP contribution in [0.25, 0.3) is 72.0 Å². The second-order valence-electron chi connectivity index (χ2n) is 18.2. The van der Waals surface area contributed by atoms with Gasteiger partial charge < -0.3 is 9.47 Å². The van der Waals surface area contributed by atoms with Gasteiger partial charge in [0.2, 0.25) is 0 Å². The van der Waals surface area contributed by atoms with Crippen molar-refractivity contribution in [2.75, 3.05) is 4.90 Å². The zero-order chi connectivity index (χ0) is 41.7. The molecule has 2 heteroatoms. The van der Waals surface area contributed by atoms with E-state index in [0.29, 0.717) is 0 Å². The molecule has 0 radical (unpaired) electrons. The Morgan fingerprint density at radius 3 is 1.47 bits per heavy atom. The average Bonchev–Trinajstić information content (AvgIpc) is 3.86. The molecule has 296 valence electrons. The van der Waals surface area contributed by atoms with Crippen LogP contribution in [0.15, 0.2) is 206 Å². The van der Waals surface area contributed by atoms with E-state index in [1.807, 2.05) is 0 Å². The highest BCUT2D eigenvalue weighted by atomic mass is 15.1. The third-order valence-corrected chi connectivity index (χ3v) is 14.0. The van der Waals surface area contributed by atoms with Gasteiger partial charge in [0.15, 0.2) is 0 Å². The van der Waals surface area contributed by atoms with Crippen LogP contribution in [-0.4, -0.2) is 4.57 Å². The number of rotatable bonds is 6. The number of benzene rings is 9. The molecule has 0 fully saturated rings. The quantitative estimate of drug-likeness (QED) is 0.163. The Labute approximate surface area is 364 Å². The average molecular weight is 795 g/mol. The van der Waals surface area contributed by atoms with Crippen molar-refractivity contribution in [3.8, 4) is 50.2 Å². The molecule has 0 saturated heterocycles. The van der Waals surface area contributed by atoms with Crippen LogP contribution in [0.3, 0.4) is 0 Å². The molecule has 1 heterocycles. The van der Waals surface area contributed by atoms with E-state index in [1.54, 1.807) is 0 Å². The summed E-state index contributed by atoms with van der Waals surface area (Å²) >= 11 is 0. The molecule has 0 aliphatic heterocycles. The maximum Gasteiger partial charge on any atom is 0.0547 e. The van der Waals surface area contributed by atoms with Gasteiger partial charge in [-0.25, -0.2) is 0 Å². The lowest BCUT2D eigenvalue weighted by Gasteiger charge is -2.28. The number of nitrogens with zero attached hydrogens (tertiary/aromatic N) is 2.